The number of aliphatic hydroxyl groups excluding tert-OH is 1. The van der Waals surface area contributed by atoms with E-state index in [0.717, 1.165) is 11.1 Å². The van der Waals surface area contributed by atoms with E-state index in [2.05, 4.69) is 10.3 Å². The Hall–Kier alpha value is -2.77. The lowest BCUT2D eigenvalue weighted by molar-refractivity contribution is -0.150. The van der Waals surface area contributed by atoms with Gasteiger partial charge in [0.1, 0.15) is 6.61 Å². The Morgan fingerprint density at radius 2 is 1.88 bits per heavy atom. The Morgan fingerprint density at radius 1 is 1.16 bits per heavy atom. The molecule has 4 N–H and O–H groups in total. The molecule has 0 aliphatic heterocycles. The van der Waals surface area contributed by atoms with Crippen LogP contribution in [0.3, 0.4) is 0 Å². The van der Waals surface area contributed by atoms with Crippen molar-refractivity contribution in [2.45, 2.75) is 25.1 Å². The lowest BCUT2D eigenvalue weighted by Crippen LogP contribution is -2.51. The van der Waals surface area contributed by atoms with Crippen LogP contribution < -0.4 is 11.1 Å². The molecule has 0 aliphatic carbocycles. The first-order valence-corrected chi connectivity index (χ1v) is 7.86. The van der Waals surface area contributed by atoms with Gasteiger partial charge in [-0.3, -0.25) is 9.78 Å². The van der Waals surface area contributed by atoms with Crippen molar-refractivity contribution in [3.05, 3.63) is 66.0 Å². The smallest absolute Gasteiger partial charge is 0.331 e. The van der Waals surface area contributed by atoms with Crippen LogP contribution in [0.4, 0.5) is 0 Å². The van der Waals surface area contributed by atoms with Crippen molar-refractivity contribution in [3.63, 3.8) is 0 Å². The molecule has 0 radical (unpaired) electrons. The van der Waals surface area contributed by atoms with E-state index < -0.39 is 30.6 Å². The Labute approximate surface area is 145 Å². The maximum absolute atomic E-state index is 12.1. The molecule has 2 aromatic rings. The number of benzene rings is 1. The molecule has 2 atom stereocenters. The zero-order valence-electron chi connectivity index (χ0n) is 13.7. The van der Waals surface area contributed by atoms with Gasteiger partial charge >= 0.3 is 5.97 Å². The molecule has 7 nitrogen and oxygen atoms in total. The number of carbonyl (C=O) groups excluding carboxylic acids is 2. The molecule has 25 heavy (non-hydrogen) atoms. The zero-order chi connectivity index (χ0) is 18.1. The first-order chi connectivity index (χ1) is 12.1. The van der Waals surface area contributed by atoms with E-state index in [9.17, 15) is 14.7 Å². The van der Waals surface area contributed by atoms with Crippen LogP contribution >= 0.6 is 0 Å². The molecular weight excluding hydrogens is 322 g/mol. The summed E-state index contributed by atoms with van der Waals surface area (Å²) in [5.41, 5.74) is 7.46. The quantitative estimate of drug-likeness (QED) is 0.589. The van der Waals surface area contributed by atoms with Gasteiger partial charge in [0, 0.05) is 12.4 Å². The highest BCUT2D eigenvalue weighted by Crippen LogP contribution is 2.03. The third kappa shape index (κ3) is 5.98. The van der Waals surface area contributed by atoms with E-state index in [0.29, 0.717) is 0 Å². The maximum atomic E-state index is 12.1. The van der Waals surface area contributed by atoms with Crippen molar-refractivity contribution in [3.8, 4) is 0 Å². The fourth-order valence-electron chi connectivity index (χ4n) is 2.15. The van der Waals surface area contributed by atoms with Crippen LogP contribution in [-0.4, -0.2) is 40.7 Å². The molecule has 0 bridgehead atoms. The summed E-state index contributed by atoms with van der Waals surface area (Å²) in [6, 6.07) is 10.7. The fraction of sp³-hybridized carbons (Fsp3) is 0.278. The van der Waals surface area contributed by atoms with Crippen LogP contribution in [0.1, 0.15) is 11.1 Å². The highest BCUT2D eigenvalue weighted by atomic mass is 16.5. The number of amides is 1. The molecule has 0 saturated heterocycles. The molecule has 1 aromatic heterocycles. The van der Waals surface area contributed by atoms with Crippen molar-refractivity contribution in [1.29, 1.82) is 0 Å². The number of carbonyl (C=O) groups is 2. The molecular formula is C18H21N3O4. The first kappa shape index (κ1) is 18.6. The predicted molar refractivity (Wildman–Crippen MR) is 91.2 cm³/mol. The second-order valence-corrected chi connectivity index (χ2v) is 5.51. The second-order valence-electron chi connectivity index (χ2n) is 5.51. The summed E-state index contributed by atoms with van der Waals surface area (Å²) in [6.45, 7) is -0.507. The number of aromatic nitrogens is 1. The monoisotopic (exact) mass is 343 g/mol. The molecule has 2 rings (SSSR count). The summed E-state index contributed by atoms with van der Waals surface area (Å²) in [5.74, 6) is -1.26. The van der Waals surface area contributed by atoms with Crippen LogP contribution in [0.5, 0.6) is 0 Å². The number of hydrogen-bond acceptors (Lipinski definition) is 6. The number of nitrogens with one attached hydrogen (secondary N) is 1. The van der Waals surface area contributed by atoms with Crippen LogP contribution in [-0.2, 0) is 27.4 Å². The fourth-order valence-corrected chi connectivity index (χ4v) is 2.15. The van der Waals surface area contributed by atoms with Gasteiger partial charge in [0.15, 0.2) is 6.04 Å². The molecule has 0 saturated carbocycles. The lowest BCUT2D eigenvalue weighted by Gasteiger charge is -2.18. The number of nitrogens with two attached hydrogens (primary N) is 1. The Kier molecular flexibility index (Phi) is 7.06. The van der Waals surface area contributed by atoms with Crippen LogP contribution in [0.15, 0.2) is 54.9 Å². The average molecular weight is 343 g/mol. The van der Waals surface area contributed by atoms with Crippen molar-refractivity contribution < 1.29 is 19.4 Å². The number of hydrogen-bond donors (Lipinski definition) is 3. The Bertz CT molecular complexity index is 679. The Morgan fingerprint density at radius 3 is 2.52 bits per heavy atom. The van der Waals surface area contributed by atoms with Crippen molar-refractivity contribution in [1.82, 2.24) is 10.3 Å². The van der Waals surface area contributed by atoms with E-state index >= 15 is 0 Å². The van der Waals surface area contributed by atoms with Gasteiger partial charge < -0.3 is 20.9 Å². The van der Waals surface area contributed by atoms with Gasteiger partial charge in [-0.2, -0.15) is 0 Å². The second kappa shape index (κ2) is 9.51. The van der Waals surface area contributed by atoms with Crippen molar-refractivity contribution >= 4 is 11.9 Å². The van der Waals surface area contributed by atoms with Gasteiger partial charge in [0.05, 0.1) is 12.6 Å². The zero-order valence-corrected chi connectivity index (χ0v) is 13.7. The highest BCUT2D eigenvalue weighted by molar-refractivity contribution is 5.87. The third-order valence-corrected chi connectivity index (χ3v) is 3.52. The van der Waals surface area contributed by atoms with Crippen LogP contribution in [0, 0.1) is 0 Å². The molecule has 1 heterocycles. The van der Waals surface area contributed by atoms with Crippen molar-refractivity contribution in [2.75, 3.05) is 6.61 Å². The van der Waals surface area contributed by atoms with E-state index in [1.807, 2.05) is 30.3 Å². The predicted octanol–water partition coefficient (Wildman–Crippen LogP) is 0.172. The van der Waals surface area contributed by atoms with Crippen molar-refractivity contribution in [2.24, 2.45) is 5.73 Å². The minimum absolute atomic E-state index is 0.0633. The summed E-state index contributed by atoms with van der Waals surface area (Å²) in [6.07, 6.45) is 3.52. The van der Waals surface area contributed by atoms with E-state index in [4.69, 9.17) is 10.5 Å². The third-order valence-electron chi connectivity index (χ3n) is 3.52. The van der Waals surface area contributed by atoms with Crippen LogP contribution in [0.25, 0.3) is 0 Å². The molecule has 1 aromatic carbocycles. The minimum atomic E-state index is -1.16. The van der Waals surface area contributed by atoms with E-state index in [-0.39, 0.29) is 13.0 Å². The maximum Gasteiger partial charge on any atom is 0.331 e. The lowest BCUT2D eigenvalue weighted by atomic mass is 10.1. The molecule has 0 aliphatic rings. The van der Waals surface area contributed by atoms with Gasteiger partial charge in [-0.25, -0.2) is 4.79 Å². The minimum Gasteiger partial charge on any atom is -0.459 e. The van der Waals surface area contributed by atoms with Gasteiger partial charge in [0.25, 0.3) is 0 Å². The number of pyridine rings is 1. The number of ether oxygens (including phenoxy) is 1. The SMILES string of the molecule is N[C@@H](Cc1cccnc1)C(=O)N[C@@H](CO)C(=O)OCc1ccccc1. The van der Waals surface area contributed by atoms with Gasteiger partial charge in [0.2, 0.25) is 5.91 Å². The number of nitrogens with zero attached hydrogens (tertiary/aromatic N) is 1. The number of rotatable bonds is 8. The summed E-state index contributed by atoms with van der Waals surface area (Å²) in [7, 11) is 0. The van der Waals surface area contributed by atoms with Crippen LogP contribution in [0.2, 0.25) is 0 Å². The van der Waals surface area contributed by atoms with Gasteiger partial charge in [-0.05, 0) is 23.6 Å². The standard InChI is InChI=1S/C18H21N3O4/c19-15(9-14-7-4-8-20-10-14)17(23)21-16(11-22)18(24)25-12-13-5-2-1-3-6-13/h1-8,10,15-16,22H,9,11-12,19H2,(H,21,23)/t15-,16-/m0/s1. The molecule has 1 amide bonds. The normalized spacial score (nSPS) is 12.9. The first-order valence-electron chi connectivity index (χ1n) is 7.86. The molecule has 0 unspecified atom stereocenters. The number of aliphatic hydroxyl groups is 1. The van der Waals surface area contributed by atoms with Gasteiger partial charge in [-0.1, -0.05) is 36.4 Å². The molecule has 0 fully saturated rings. The van der Waals surface area contributed by atoms with E-state index in [1.165, 1.54) is 0 Å². The highest BCUT2D eigenvalue weighted by Gasteiger charge is 2.24. The molecule has 132 valence electrons. The summed E-state index contributed by atoms with van der Waals surface area (Å²) in [5, 5.41) is 11.8. The summed E-state index contributed by atoms with van der Waals surface area (Å²) >= 11 is 0. The summed E-state index contributed by atoms with van der Waals surface area (Å²) < 4.78 is 5.12. The largest absolute Gasteiger partial charge is 0.459 e. The van der Waals surface area contributed by atoms with Gasteiger partial charge in [-0.15, -0.1) is 0 Å². The number of esters is 1. The summed E-state index contributed by atoms with van der Waals surface area (Å²) in [4.78, 5) is 28.1. The average Bonchev–Trinajstić information content (AvgIpc) is 2.65. The molecule has 0 spiro atoms. The topological polar surface area (TPSA) is 115 Å². The van der Waals surface area contributed by atoms with E-state index in [1.54, 1.807) is 24.5 Å². The Balaban J connectivity index is 1.84. The molecule has 7 heteroatoms.